The molecular weight excluding hydrogens is 362 g/mol. The Morgan fingerprint density at radius 1 is 1.19 bits per heavy atom. The van der Waals surface area contributed by atoms with Crippen LogP contribution in [0.3, 0.4) is 0 Å². The lowest BCUT2D eigenvalue weighted by molar-refractivity contribution is -0.139. The number of likely N-dealkylation sites (tertiary alicyclic amines) is 1. The summed E-state index contributed by atoms with van der Waals surface area (Å²) in [4.78, 5) is 29.5. The molecule has 6 heteroatoms. The molecule has 2 atom stereocenters. The van der Waals surface area contributed by atoms with Crippen molar-refractivity contribution in [2.45, 2.75) is 53.5 Å². The first kappa shape index (κ1) is 21.7. The van der Waals surface area contributed by atoms with Gasteiger partial charge in [-0.15, -0.1) is 12.4 Å². The van der Waals surface area contributed by atoms with E-state index < -0.39 is 0 Å². The van der Waals surface area contributed by atoms with Crippen LogP contribution in [0.4, 0.5) is 5.69 Å². The molecule has 0 bridgehead atoms. The highest BCUT2D eigenvalue weighted by molar-refractivity contribution is 6.01. The van der Waals surface area contributed by atoms with Gasteiger partial charge in [-0.05, 0) is 43.7 Å². The quantitative estimate of drug-likeness (QED) is 0.839. The second kappa shape index (κ2) is 7.80. The van der Waals surface area contributed by atoms with E-state index in [1.807, 2.05) is 23.6 Å². The molecule has 150 valence electrons. The van der Waals surface area contributed by atoms with E-state index in [1.165, 1.54) is 5.56 Å². The number of rotatable bonds is 2. The molecule has 2 amide bonds. The van der Waals surface area contributed by atoms with E-state index in [9.17, 15) is 9.59 Å². The molecule has 5 nitrogen and oxygen atoms in total. The average molecular weight is 394 g/mol. The van der Waals surface area contributed by atoms with Crippen LogP contribution < -0.4 is 10.6 Å². The first-order valence-electron chi connectivity index (χ1n) is 9.52. The Kier molecular flexibility index (Phi) is 6.27. The molecule has 0 aliphatic carbocycles. The predicted molar refractivity (Wildman–Crippen MR) is 111 cm³/mol. The minimum Gasteiger partial charge on any atom is -0.342 e. The monoisotopic (exact) mass is 393 g/mol. The van der Waals surface area contributed by atoms with Crippen molar-refractivity contribution >= 4 is 29.9 Å². The minimum atomic E-state index is -0.257. The first-order chi connectivity index (χ1) is 12.1. The zero-order chi connectivity index (χ0) is 19.2. The number of nitrogens with zero attached hydrogens (tertiary/aromatic N) is 2. The van der Waals surface area contributed by atoms with E-state index in [2.05, 4.69) is 32.9 Å². The van der Waals surface area contributed by atoms with Gasteiger partial charge in [-0.2, -0.15) is 0 Å². The lowest BCUT2D eigenvalue weighted by Gasteiger charge is -2.43. The number of halogens is 1. The molecule has 0 saturated carbocycles. The molecule has 0 aromatic heterocycles. The van der Waals surface area contributed by atoms with Gasteiger partial charge in [0.05, 0.1) is 5.92 Å². The largest absolute Gasteiger partial charge is 0.342 e. The van der Waals surface area contributed by atoms with Gasteiger partial charge in [-0.3, -0.25) is 9.59 Å². The van der Waals surface area contributed by atoms with E-state index in [-0.39, 0.29) is 41.6 Å². The van der Waals surface area contributed by atoms with Crippen molar-refractivity contribution in [3.63, 3.8) is 0 Å². The molecular formula is C21H32ClN3O2. The summed E-state index contributed by atoms with van der Waals surface area (Å²) in [5.41, 5.74) is 10.5. The van der Waals surface area contributed by atoms with Gasteiger partial charge in [0.1, 0.15) is 0 Å². The molecule has 3 rings (SSSR count). The maximum absolute atomic E-state index is 13.0. The Bertz CT molecular complexity index is 724. The van der Waals surface area contributed by atoms with Crippen LogP contribution in [0.25, 0.3) is 0 Å². The highest BCUT2D eigenvalue weighted by Crippen LogP contribution is 2.34. The number of carbonyl (C=O) groups excluding carboxylic acids is 2. The fourth-order valence-electron chi connectivity index (χ4n) is 4.51. The summed E-state index contributed by atoms with van der Waals surface area (Å²) < 4.78 is 0. The third-order valence-corrected chi connectivity index (χ3v) is 6.00. The molecule has 0 spiro atoms. The van der Waals surface area contributed by atoms with Crippen molar-refractivity contribution in [2.24, 2.45) is 17.1 Å². The van der Waals surface area contributed by atoms with E-state index in [0.717, 1.165) is 23.2 Å². The first-order valence-corrected chi connectivity index (χ1v) is 9.52. The number of piperidine rings is 1. The highest BCUT2D eigenvalue weighted by Gasteiger charge is 2.41. The van der Waals surface area contributed by atoms with Crippen LogP contribution >= 0.6 is 12.4 Å². The standard InChI is InChI=1S/C21H31N3O2.ClH/c1-13-8-14(2)19(15(3)9-13)24-11-16(10-18(24)25)20(26)23-7-6-17(22)21(4,5)12-23;/h8-9,16-17H,6-7,10-12,22H2,1-5H3;1H. The highest BCUT2D eigenvalue weighted by atomic mass is 35.5. The molecule has 1 aromatic carbocycles. The van der Waals surface area contributed by atoms with Gasteiger partial charge in [0.2, 0.25) is 11.8 Å². The van der Waals surface area contributed by atoms with Crippen molar-refractivity contribution in [1.29, 1.82) is 0 Å². The Morgan fingerprint density at radius 3 is 2.33 bits per heavy atom. The van der Waals surface area contributed by atoms with Crippen LogP contribution in [0.1, 0.15) is 43.4 Å². The molecule has 2 fully saturated rings. The summed E-state index contributed by atoms with van der Waals surface area (Å²) in [5, 5.41) is 0. The van der Waals surface area contributed by atoms with Gasteiger partial charge < -0.3 is 15.5 Å². The molecule has 2 heterocycles. The van der Waals surface area contributed by atoms with E-state index >= 15 is 0 Å². The molecule has 2 aliphatic rings. The summed E-state index contributed by atoms with van der Waals surface area (Å²) in [6.45, 7) is 12.2. The van der Waals surface area contributed by atoms with Crippen LogP contribution in [-0.4, -0.2) is 42.4 Å². The van der Waals surface area contributed by atoms with Crippen LogP contribution in [0.2, 0.25) is 0 Å². The third kappa shape index (κ3) is 4.14. The second-order valence-electron chi connectivity index (χ2n) is 8.80. The lowest BCUT2D eigenvalue weighted by atomic mass is 9.79. The smallest absolute Gasteiger partial charge is 0.228 e. The van der Waals surface area contributed by atoms with Gasteiger partial charge in [0.15, 0.2) is 0 Å². The number of amides is 2. The molecule has 2 saturated heterocycles. The summed E-state index contributed by atoms with van der Waals surface area (Å²) >= 11 is 0. The van der Waals surface area contributed by atoms with Crippen LogP contribution in [0, 0.1) is 32.1 Å². The van der Waals surface area contributed by atoms with Crippen molar-refractivity contribution < 1.29 is 9.59 Å². The lowest BCUT2D eigenvalue weighted by Crippen LogP contribution is -2.55. The van der Waals surface area contributed by atoms with Gasteiger partial charge in [-0.1, -0.05) is 31.5 Å². The maximum Gasteiger partial charge on any atom is 0.228 e. The van der Waals surface area contributed by atoms with Crippen molar-refractivity contribution in [3.8, 4) is 0 Å². The summed E-state index contributed by atoms with van der Waals surface area (Å²) in [5.74, 6) is -0.109. The fourth-order valence-corrected chi connectivity index (χ4v) is 4.51. The number of benzene rings is 1. The number of aryl methyl sites for hydroxylation is 3. The van der Waals surface area contributed by atoms with E-state index in [1.54, 1.807) is 0 Å². The number of hydrogen-bond acceptors (Lipinski definition) is 3. The molecule has 1 aromatic rings. The Labute approximate surface area is 168 Å². The summed E-state index contributed by atoms with van der Waals surface area (Å²) in [7, 11) is 0. The van der Waals surface area contributed by atoms with E-state index in [4.69, 9.17) is 5.73 Å². The van der Waals surface area contributed by atoms with Gasteiger partial charge in [0, 0.05) is 37.8 Å². The number of hydrogen-bond donors (Lipinski definition) is 1. The Hall–Kier alpha value is -1.59. The molecule has 2 aliphatic heterocycles. The van der Waals surface area contributed by atoms with Crippen molar-refractivity contribution in [1.82, 2.24) is 4.90 Å². The number of nitrogens with two attached hydrogens (primary N) is 1. The maximum atomic E-state index is 13.0. The van der Waals surface area contributed by atoms with Crippen molar-refractivity contribution in [3.05, 3.63) is 28.8 Å². The molecule has 0 radical (unpaired) electrons. The zero-order valence-corrected chi connectivity index (χ0v) is 17.9. The second-order valence-corrected chi connectivity index (χ2v) is 8.80. The average Bonchev–Trinajstić information content (AvgIpc) is 2.90. The van der Waals surface area contributed by atoms with Crippen LogP contribution in [-0.2, 0) is 9.59 Å². The fraction of sp³-hybridized carbons (Fsp3) is 0.619. The summed E-state index contributed by atoms with van der Waals surface area (Å²) in [6.07, 6.45) is 1.12. The van der Waals surface area contributed by atoms with Crippen molar-refractivity contribution in [2.75, 3.05) is 24.5 Å². The molecule has 2 N–H and O–H groups in total. The molecule has 2 unspecified atom stereocenters. The van der Waals surface area contributed by atoms with Gasteiger partial charge in [-0.25, -0.2) is 0 Å². The van der Waals surface area contributed by atoms with Gasteiger partial charge in [0.25, 0.3) is 0 Å². The van der Waals surface area contributed by atoms with Gasteiger partial charge >= 0.3 is 0 Å². The van der Waals surface area contributed by atoms with Crippen LogP contribution in [0.5, 0.6) is 0 Å². The predicted octanol–water partition coefficient (Wildman–Crippen LogP) is 2.97. The number of carbonyl (C=O) groups is 2. The third-order valence-electron chi connectivity index (χ3n) is 6.00. The van der Waals surface area contributed by atoms with Crippen LogP contribution in [0.15, 0.2) is 12.1 Å². The number of anilines is 1. The Morgan fingerprint density at radius 2 is 1.78 bits per heavy atom. The minimum absolute atomic E-state index is 0. The normalized spacial score (nSPS) is 24.7. The topological polar surface area (TPSA) is 66.6 Å². The SMILES string of the molecule is Cc1cc(C)c(N2CC(C(=O)N3CCC(N)C(C)(C)C3)CC2=O)c(C)c1.Cl. The zero-order valence-electron chi connectivity index (χ0n) is 17.0. The summed E-state index contributed by atoms with van der Waals surface area (Å²) in [6, 6.07) is 4.31. The molecule has 27 heavy (non-hydrogen) atoms. The Balaban J connectivity index is 0.00000261. The van der Waals surface area contributed by atoms with E-state index in [0.29, 0.717) is 26.1 Å².